The van der Waals surface area contributed by atoms with Gasteiger partial charge in [-0.1, -0.05) is 212 Å². The minimum Gasteiger partial charge on any atom is -0.394 e. The van der Waals surface area contributed by atoms with Crippen molar-refractivity contribution in [2.24, 2.45) is 0 Å². The highest BCUT2D eigenvalue weighted by atomic mass is 16.8. The maximum atomic E-state index is 11.2. The van der Waals surface area contributed by atoms with E-state index >= 15 is 0 Å². The molecule has 2 fully saturated rings. The van der Waals surface area contributed by atoms with Crippen molar-refractivity contribution in [3.8, 4) is 0 Å². The Morgan fingerprint density at radius 1 is 0.292 bits per heavy atom. The summed E-state index contributed by atoms with van der Waals surface area (Å²) in [5.74, 6) is 0. The Morgan fingerprint density at radius 2 is 0.542 bits per heavy atom. The van der Waals surface area contributed by atoms with Gasteiger partial charge in [0.1, 0.15) is 48.8 Å². The third kappa shape index (κ3) is 14.6. The van der Waals surface area contributed by atoms with Crippen LogP contribution in [-0.2, 0) is 93.6 Å². The van der Waals surface area contributed by atoms with Gasteiger partial charge in [-0.15, -0.1) is 0 Å². The molecule has 0 aromatic heterocycles. The highest BCUT2D eigenvalue weighted by molar-refractivity contribution is 5.19. The maximum absolute atomic E-state index is 11.2. The van der Waals surface area contributed by atoms with Crippen LogP contribution in [0.3, 0.4) is 0 Å². The monoisotopic (exact) mass is 972 g/mol. The molecule has 0 amide bonds. The Labute approximate surface area is 423 Å². The zero-order valence-corrected chi connectivity index (χ0v) is 40.4. The van der Waals surface area contributed by atoms with Crippen LogP contribution in [0.1, 0.15) is 38.9 Å². The van der Waals surface area contributed by atoms with Crippen molar-refractivity contribution < 1.29 is 52.5 Å². The summed E-state index contributed by atoms with van der Waals surface area (Å²) < 4.78 is 69.2. The SMILES string of the molecule is OC[C@H]1O[C@H](O[C@H]2O[C@H](COCc3ccccc3)[C@@H](OCc3ccccc3)[C@H](OCc3ccccc3)[C@H]2OCc2ccccc2)[C@H](OCc2ccccc2)[C@@H](OCc2ccccc2)[C@@H]1OCc1ccccc1. The molecule has 11 nitrogen and oxygen atoms in total. The van der Waals surface area contributed by atoms with Crippen LogP contribution in [0, 0.1) is 0 Å². The van der Waals surface area contributed by atoms with Crippen LogP contribution < -0.4 is 0 Å². The molecule has 0 saturated carbocycles. The Balaban J connectivity index is 1.09. The molecule has 0 bridgehead atoms. The zero-order valence-electron chi connectivity index (χ0n) is 40.4. The maximum Gasteiger partial charge on any atom is 0.190 e. The first kappa shape index (κ1) is 51.0. The van der Waals surface area contributed by atoms with Crippen molar-refractivity contribution in [2.75, 3.05) is 13.2 Å². The number of ether oxygens (including phenoxy) is 10. The molecular weight excluding hydrogens is 909 g/mol. The summed E-state index contributed by atoms with van der Waals surface area (Å²) in [6.07, 6.45) is -8.85. The topological polar surface area (TPSA) is 113 Å². The molecule has 9 rings (SSSR count). The van der Waals surface area contributed by atoms with Crippen molar-refractivity contribution in [1.82, 2.24) is 0 Å². The number of hydrogen-bond acceptors (Lipinski definition) is 11. The molecule has 7 aromatic carbocycles. The molecule has 2 aliphatic rings. The molecule has 0 aliphatic carbocycles. The Kier molecular flexibility index (Phi) is 19.3. The van der Waals surface area contributed by atoms with Crippen LogP contribution in [0.4, 0.5) is 0 Å². The van der Waals surface area contributed by atoms with E-state index in [2.05, 4.69) is 0 Å². The largest absolute Gasteiger partial charge is 0.394 e. The van der Waals surface area contributed by atoms with Gasteiger partial charge >= 0.3 is 0 Å². The fourth-order valence-electron chi connectivity index (χ4n) is 8.99. The summed E-state index contributed by atoms with van der Waals surface area (Å²) >= 11 is 0. The van der Waals surface area contributed by atoms with Gasteiger partial charge in [0.05, 0.1) is 59.5 Å². The van der Waals surface area contributed by atoms with Crippen molar-refractivity contribution in [3.63, 3.8) is 0 Å². The minimum absolute atomic E-state index is 0.127. The molecule has 11 heteroatoms. The number of aliphatic hydroxyl groups excluding tert-OH is 1. The van der Waals surface area contributed by atoms with Crippen molar-refractivity contribution in [2.45, 2.75) is 108 Å². The third-order valence-corrected chi connectivity index (χ3v) is 12.7. The lowest BCUT2D eigenvalue weighted by atomic mass is 9.96. The van der Waals surface area contributed by atoms with Gasteiger partial charge in [0.25, 0.3) is 0 Å². The lowest BCUT2D eigenvalue weighted by Crippen LogP contribution is -2.66. The van der Waals surface area contributed by atoms with E-state index in [1.165, 1.54) is 0 Å². The molecule has 2 heterocycles. The molecular formula is C61H64O11. The molecule has 0 spiro atoms. The van der Waals surface area contributed by atoms with Crippen LogP contribution in [0.5, 0.6) is 0 Å². The summed E-state index contributed by atoms with van der Waals surface area (Å²) in [4.78, 5) is 0. The number of rotatable bonds is 25. The van der Waals surface area contributed by atoms with E-state index in [0.29, 0.717) is 6.61 Å². The molecule has 7 aromatic rings. The van der Waals surface area contributed by atoms with Gasteiger partial charge in [0, 0.05) is 0 Å². The second-order valence-electron chi connectivity index (χ2n) is 18.0. The van der Waals surface area contributed by atoms with Crippen LogP contribution >= 0.6 is 0 Å². The van der Waals surface area contributed by atoms with Crippen molar-refractivity contribution in [1.29, 1.82) is 0 Å². The summed E-state index contributed by atoms with van der Waals surface area (Å²) in [7, 11) is 0. The molecule has 2 saturated heterocycles. The van der Waals surface area contributed by atoms with E-state index in [4.69, 9.17) is 47.4 Å². The Hall–Kier alpha value is -5.90. The quantitative estimate of drug-likeness (QED) is 0.0591. The van der Waals surface area contributed by atoms with E-state index < -0.39 is 68.0 Å². The average Bonchev–Trinajstić information content (AvgIpc) is 3.44. The first-order chi connectivity index (χ1) is 35.7. The summed E-state index contributed by atoms with van der Waals surface area (Å²) in [6.45, 7) is 1.46. The van der Waals surface area contributed by atoms with Crippen molar-refractivity contribution >= 4 is 0 Å². The normalized spacial score (nSPS) is 24.2. The second kappa shape index (κ2) is 27.2. The number of benzene rings is 7. The third-order valence-electron chi connectivity index (χ3n) is 12.7. The smallest absolute Gasteiger partial charge is 0.190 e. The fraction of sp³-hybridized carbons (Fsp3) is 0.311. The lowest BCUT2D eigenvalue weighted by molar-refractivity contribution is -0.394. The van der Waals surface area contributed by atoms with Gasteiger partial charge in [-0.25, -0.2) is 0 Å². The first-order valence-corrected chi connectivity index (χ1v) is 24.8. The summed E-state index contributed by atoms with van der Waals surface area (Å²) in [5.41, 5.74) is 6.75. The van der Waals surface area contributed by atoms with E-state index in [9.17, 15) is 5.11 Å². The standard InChI is InChI=1S/C61H64O11/c62-36-52-54(64-38-46-24-10-2-11-25-46)56(66-40-48-28-14-4-15-29-48)58(68-42-50-32-18-6-19-33-50)60(70-52)72-61-59(69-43-51-34-20-7-21-35-51)57(67-41-49-30-16-5-17-31-49)55(65-39-47-26-12-3-13-27-47)53(71-61)44-63-37-45-22-8-1-9-23-45/h1-35,52-62H,36-44H2/t52-,53-,54-,55-,56+,57+,58-,59-,60-,61-/m1/s1. The van der Waals surface area contributed by atoms with Crippen LogP contribution in [0.25, 0.3) is 0 Å². The van der Waals surface area contributed by atoms with Gasteiger partial charge in [-0.3, -0.25) is 0 Å². The van der Waals surface area contributed by atoms with Gasteiger partial charge in [0.15, 0.2) is 12.6 Å². The molecule has 1 N–H and O–H groups in total. The van der Waals surface area contributed by atoms with Gasteiger partial charge in [0.2, 0.25) is 0 Å². The van der Waals surface area contributed by atoms with Gasteiger partial charge in [-0.2, -0.15) is 0 Å². The van der Waals surface area contributed by atoms with Crippen LogP contribution in [0.2, 0.25) is 0 Å². The summed E-state index contributed by atoms with van der Waals surface area (Å²) in [6, 6.07) is 69.7. The number of hydrogen-bond donors (Lipinski definition) is 1. The highest BCUT2D eigenvalue weighted by Gasteiger charge is 2.54. The number of aliphatic hydroxyl groups is 1. The van der Waals surface area contributed by atoms with E-state index in [1.54, 1.807) is 0 Å². The molecule has 2 aliphatic heterocycles. The fourth-order valence-corrected chi connectivity index (χ4v) is 8.99. The van der Waals surface area contributed by atoms with Gasteiger partial charge < -0.3 is 52.5 Å². The van der Waals surface area contributed by atoms with E-state index in [1.807, 2.05) is 212 Å². The molecule has 0 unspecified atom stereocenters. The molecule has 0 radical (unpaired) electrons. The lowest BCUT2D eigenvalue weighted by Gasteiger charge is -2.49. The van der Waals surface area contributed by atoms with E-state index in [0.717, 1.165) is 38.9 Å². The predicted octanol–water partition coefficient (Wildman–Crippen LogP) is 10.2. The molecule has 10 atom stereocenters. The molecule has 72 heavy (non-hydrogen) atoms. The predicted molar refractivity (Wildman–Crippen MR) is 272 cm³/mol. The molecule has 374 valence electrons. The van der Waals surface area contributed by atoms with E-state index in [-0.39, 0.29) is 46.2 Å². The van der Waals surface area contributed by atoms with Crippen LogP contribution in [0.15, 0.2) is 212 Å². The second-order valence-corrected chi connectivity index (χ2v) is 18.0. The Morgan fingerprint density at radius 3 is 0.847 bits per heavy atom. The highest BCUT2D eigenvalue weighted by Crippen LogP contribution is 2.37. The average molecular weight is 973 g/mol. The van der Waals surface area contributed by atoms with Crippen molar-refractivity contribution in [3.05, 3.63) is 251 Å². The zero-order chi connectivity index (χ0) is 49.0. The Bertz CT molecular complexity index is 2550. The first-order valence-electron chi connectivity index (χ1n) is 24.8. The minimum atomic E-state index is -1.18. The van der Waals surface area contributed by atoms with Gasteiger partial charge in [-0.05, 0) is 38.9 Å². The summed E-state index contributed by atoms with van der Waals surface area (Å²) in [5, 5.41) is 11.2. The van der Waals surface area contributed by atoms with Crippen LogP contribution in [-0.4, -0.2) is 79.7 Å².